The molecule has 3 amide bonds. The van der Waals surface area contributed by atoms with E-state index in [9.17, 15) is 24.0 Å². The number of hydrogen-bond donors (Lipinski definition) is 7. The Hall–Kier alpha value is -2.85. The Bertz CT molecular complexity index is 804. The first-order valence-electron chi connectivity index (χ1n) is 17.0. The molecule has 0 saturated carbocycles. The van der Waals surface area contributed by atoms with E-state index in [1.807, 2.05) is 0 Å². The van der Waals surface area contributed by atoms with Gasteiger partial charge in [-0.15, -0.1) is 0 Å². The number of amides is 3. The molecule has 1 atom stereocenters. The Labute approximate surface area is 280 Å². The van der Waals surface area contributed by atoms with E-state index >= 15 is 0 Å². The van der Waals surface area contributed by atoms with Gasteiger partial charge in [-0.3, -0.25) is 24.0 Å². The third-order valence-electron chi connectivity index (χ3n) is 6.83. The first-order chi connectivity index (χ1) is 22.8. The molecule has 0 aromatic rings. The maximum absolute atomic E-state index is 11.9. The highest BCUT2D eigenvalue weighted by atomic mass is 16.5. The number of nitrogens with one attached hydrogen (secondary N) is 4. The zero-order chi connectivity index (χ0) is 35.4. The molecule has 0 aliphatic heterocycles. The summed E-state index contributed by atoms with van der Waals surface area (Å²) >= 11 is 0. The van der Waals surface area contributed by atoms with E-state index in [-0.39, 0.29) is 37.0 Å². The number of likely N-dealkylation sites (N-methyl/N-ethyl adjacent to an activating group) is 1. The minimum atomic E-state index is -0.886. The van der Waals surface area contributed by atoms with E-state index in [0.717, 1.165) is 44.9 Å². The number of nitrogens with two attached hydrogens (primary N) is 1. The Kier molecular flexibility index (Phi) is 35.4. The van der Waals surface area contributed by atoms with Gasteiger partial charge in [0.15, 0.2) is 0 Å². The van der Waals surface area contributed by atoms with Crippen LogP contribution in [0.1, 0.15) is 96.3 Å². The molecular formula is C32H63N5O10. The van der Waals surface area contributed by atoms with E-state index in [2.05, 4.69) is 27.0 Å². The van der Waals surface area contributed by atoms with Crippen molar-refractivity contribution in [2.75, 3.05) is 73.4 Å². The molecule has 0 spiro atoms. The summed E-state index contributed by atoms with van der Waals surface area (Å²) in [5.41, 5.74) is 4.50. The number of aliphatic carboxylic acids is 2. The lowest BCUT2D eigenvalue weighted by atomic mass is 10.1. The average molecular weight is 678 g/mol. The van der Waals surface area contributed by atoms with Crippen LogP contribution in [0, 0.1) is 0 Å². The van der Waals surface area contributed by atoms with Crippen molar-refractivity contribution in [2.24, 2.45) is 5.73 Å². The van der Waals surface area contributed by atoms with Gasteiger partial charge in [0.2, 0.25) is 17.7 Å². The van der Waals surface area contributed by atoms with Crippen molar-refractivity contribution in [3.63, 3.8) is 0 Å². The molecule has 0 aliphatic rings. The fourth-order valence-electron chi connectivity index (χ4n) is 4.20. The Morgan fingerprint density at radius 1 is 0.532 bits per heavy atom. The third kappa shape index (κ3) is 35.8. The molecule has 0 radical (unpaired) electrons. The highest BCUT2D eigenvalue weighted by Crippen LogP contribution is 2.08. The first-order valence-corrected chi connectivity index (χ1v) is 17.0. The number of carbonyl (C=O) groups excluding carboxylic acids is 3. The molecule has 0 heterocycles. The number of hydrogen-bond acceptors (Lipinski definition) is 10. The van der Waals surface area contributed by atoms with Crippen LogP contribution < -0.4 is 27.0 Å². The van der Waals surface area contributed by atoms with E-state index in [4.69, 9.17) is 24.4 Å². The van der Waals surface area contributed by atoms with Gasteiger partial charge in [-0.2, -0.15) is 0 Å². The van der Waals surface area contributed by atoms with Crippen molar-refractivity contribution in [1.82, 2.24) is 21.3 Å². The van der Waals surface area contributed by atoms with Crippen molar-refractivity contribution in [3.05, 3.63) is 0 Å². The van der Waals surface area contributed by atoms with E-state index < -0.39 is 18.0 Å². The minimum Gasteiger partial charge on any atom is -0.481 e. The standard InChI is InChI=1S/C31H58N4O10.CH5N/c1-32-26(31(41)42)12-8-9-17-33-28(37)15-16-29(38)35-19-11-21-44-23-25-45-24-22-43-20-10-18-34-27(36)13-6-4-2-3-5-7-14-30(39)40;1-2/h26,32H,2-25H2,1H3,(H,33,37)(H,34,36)(H,35,38)(H,39,40)(H,41,42);2H2,1H3/t26-;/m0./s1. The lowest BCUT2D eigenvalue weighted by Gasteiger charge is -2.11. The van der Waals surface area contributed by atoms with E-state index in [0.29, 0.717) is 91.4 Å². The molecule has 0 unspecified atom stereocenters. The molecule has 0 aromatic carbocycles. The number of carbonyl (C=O) groups is 5. The summed E-state index contributed by atoms with van der Waals surface area (Å²) in [5, 5.41) is 28.7. The van der Waals surface area contributed by atoms with Crippen LogP contribution in [0.3, 0.4) is 0 Å². The molecule has 47 heavy (non-hydrogen) atoms. The van der Waals surface area contributed by atoms with Crippen LogP contribution in [-0.4, -0.2) is 119 Å². The van der Waals surface area contributed by atoms with Crippen molar-refractivity contribution < 1.29 is 48.4 Å². The van der Waals surface area contributed by atoms with Gasteiger partial charge in [0.1, 0.15) is 6.04 Å². The Balaban J connectivity index is 0. The molecule has 15 heteroatoms. The quantitative estimate of drug-likeness (QED) is 0.0491. The van der Waals surface area contributed by atoms with Crippen LogP contribution in [0.2, 0.25) is 0 Å². The van der Waals surface area contributed by atoms with Crippen molar-refractivity contribution in [2.45, 2.75) is 102 Å². The zero-order valence-corrected chi connectivity index (χ0v) is 28.8. The summed E-state index contributed by atoms with van der Waals surface area (Å²) in [5.74, 6) is -1.97. The average Bonchev–Trinajstić information content (AvgIpc) is 3.05. The zero-order valence-electron chi connectivity index (χ0n) is 28.8. The van der Waals surface area contributed by atoms with E-state index in [1.165, 1.54) is 7.05 Å². The summed E-state index contributed by atoms with van der Waals surface area (Å²) in [4.78, 5) is 56.9. The smallest absolute Gasteiger partial charge is 0.320 e. The largest absolute Gasteiger partial charge is 0.481 e. The van der Waals surface area contributed by atoms with Gasteiger partial charge in [-0.05, 0) is 59.0 Å². The summed E-state index contributed by atoms with van der Waals surface area (Å²) in [7, 11) is 3.10. The second-order valence-electron chi connectivity index (χ2n) is 10.8. The van der Waals surface area contributed by atoms with Crippen LogP contribution in [0.15, 0.2) is 0 Å². The highest BCUT2D eigenvalue weighted by molar-refractivity contribution is 5.83. The second kappa shape index (κ2) is 36.0. The molecule has 0 fully saturated rings. The van der Waals surface area contributed by atoms with Gasteiger partial charge in [-0.1, -0.05) is 25.7 Å². The van der Waals surface area contributed by atoms with Gasteiger partial charge in [0.05, 0.1) is 26.4 Å². The van der Waals surface area contributed by atoms with Crippen LogP contribution in [0.4, 0.5) is 0 Å². The first kappa shape index (κ1) is 46.3. The monoisotopic (exact) mass is 677 g/mol. The van der Waals surface area contributed by atoms with Crippen molar-refractivity contribution in [3.8, 4) is 0 Å². The predicted octanol–water partition coefficient (Wildman–Crippen LogP) is 1.57. The summed E-state index contributed by atoms with van der Waals surface area (Å²) in [6.07, 6.45) is 9.70. The van der Waals surface area contributed by atoms with Gasteiger partial charge >= 0.3 is 11.9 Å². The lowest BCUT2D eigenvalue weighted by molar-refractivity contribution is -0.139. The molecule has 0 aromatic heterocycles. The Morgan fingerprint density at radius 3 is 1.38 bits per heavy atom. The SMILES string of the molecule is CN.CN[C@@H](CCCCNC(=O)CCC(=O)NCCCOCCOCCOCCCNC(=O)CCCCCCCCC(=O)O)C(=O)O. The number of unbranched alkanes of at least 4 members (excludes halogenated alkanes) is 6. The van der Waals surface area contributed by atoms with Crippen LogP contribution in [0.25, 0.3) is 0 Å². The van der Waals surface area contributed by atoms with Gasteiger partial charge in [-0.25, -0.2) is 0 Å². The number of carboxylic acid groups (broad SMARTS) is 2. The predicted molar refractivity (Wildman–Crippen MR) is 179 cm³/mol. The fraction of sp³-hybridized carbons (Fsp3) is 0.844. The number of rotatable bonds is 33. The molecule has 8 N–H and O–H groups in total. The maximum Gasteiger partial charge on any atom is 0.320 e. The second-order valence-corrected chi connectivity index (χ2v) is 10.8. The van der Waals surface area contributed by atoms with Crippen LogP contribution in [0.5, 0.6) is 0 Å². The summed E-state index contributed by atoms with van der Waals surface area (Å²) in [6.45, 7) is 4.33. The topological polar surface area (TPSA) is 228 Å². The van der Waals surface area contributed by atoms with Crippen LogP contribution in [-0.2, 0) is 38.2 Å². The maximum atomic E-state index is 11.9. The fourth-order valence-corrected chi connectivity index (χ4v) is 4.20. The van der Waals surface area contributed by atoms with Gasteiger partial charge in [0.25, 0.3) is 0 Å². The van der Waals surface area contributed by atoms with Crippen molar-refractivity contribution in [1.29, 1.82) is 0 Å². The molecule has 0 bridgehead atoms. The van der Waals surface area contributed by atoms with Gasteiger partial charge < -0.3 is 51.4 Å². The van der Waals surface area contributed by atoms with E-state index in [1.54, 1.807) is 7.05 Å². The minimum absolute atomic E-state index is 0.0511. The number of carboxylic acids is 2. The van der Waals surface area contributed by atoms with Crippen LogP contribution >= 0.6 is 0 Å². The highest BCUT2D eigenvalue weighted by Gasteiger charge is 2.13. The molecule has 0 rings (SSSR count). The molecule has 0 aliphatic carbocycles. The normalized spacial score (nSPS) is 11.2. The number of ether oxygens (including phenoxy) is 3. The molecular weight excluding hydrogens is 614 g/mol. The third-order valence-corrected chi connectivity index (χ3v) is 6.83. The Morgan fingerprint density at radius 2 is 0.936 bits per heavy atom. The molecule has 15 nitrogen and oxygen atoms in total. The molecule has 0 saturated heterocycles. The summed E-state index contributed by atoms with van der Waals surface area (Å²) < 4.78 is 16.4. The summed E-state index contributed by atoms with van der Waals surface area (Å²) in [6, 6.07) is -0.580. The lowest BCUT2D eigenvalue weighted by Crippen LogP contribution is -2.34. The van der Waals surface area contributed by atoms with Crippen molar-refractivity contribution >= 4 is 29.7 Å². The molecule has 276 valence electrons. The van der Waals surface area contributed by atoms with Gasteiger partial charge in [0, 0.05) is 58.5 Å².